The Morgan fingerprint density at radius 1 is 1.37 bits per heavy atom. The summed E-state index contributed by atoms with van der Waals surface area (Å²) in [6, 6.07) is 0. The van der Waals surface area contributed by atoms with Crippen molar-refractivity contribution in [2.45, 2.75) is 38.7 Å². The van der Waals surface area contributed by atoms with Crippen molar-refractivity contribution in [3.8, 4) is 0 Å². The molecular formula is C11H21F3N2O3. The molecule has 0 aromatic carbocycles. The molecule has 0 fully saturated rings. The van der Waals surface area contributed by atoms with Crippen LogP contribution in [0.4, 0.5) is 18.0 Å². The predicted molar refractivity (Wildman–Crippen MR) is 63.8 cm³/mol. The second-order valence-electron chi connectivity index (χ2n) is 5.16. The summed E-state index contributed by atoms with van der Waals surface area (Å²) in [4.78, 5) is 12.7. The molecule has 0 aliphatic rings. The van der Waals surface area contributed by atoms with Crippen LogP contribution >= 0.6 is 0 Å². The SMILES string of the molecule is CN(CCNC[C@@H](O)C(F)(F)F)C(=O)OC(C)(C)C. The highest BCUT2D eigenvalue weighted by atomic mass is 19.4. The normalized spacial score (nSPS) is 14.1. The highest BCUT2D eigenvalue weighted by molar-refractivity contribution is 5.67. The van der Waals surface area contributed by atoms with Crippen LogP contribution in [0.25, 0.3) is 0 Å². The Balaban J connectivity index is 3.87. The monoisotopic (exact) mass is 286 g/mol. The van der Waals surface area contributed by atoms with E-state index in [0.29, 0.717) is 0 Å². The number of halogens is 3. The van der Waals surface area contributed by atoms with E-state index < -0.39 is 30.5 Å². The van der Waals surface area contributed by atoms with Gasteiger partial charge in [-0.3, -0.25) is 0 Å². The summed E-state index contributed by atoms with van der Waals surface area (Å²) in [5.41, 5.74) is -0.620. The van der Waals surface area contributed by atoms with Crippen molar-refractivity contribution in [1.82, 2.24) is 10.2 Å². The van der Waals surface area contributed by atoms with E-state index >= 15 is 0 Å². The zero-order chi connectivity index (χ0) is 15.3. The highest BCUT2D eigenvalue weighted by Crippen LogP contribution is 2.19. The second-order valence-corrected chi connectivity index (χ2v) is 5.16. The number of carbonyl (C=O) groups excluding carboxylic acids is 1. The molecule has 0 heterocycles. The Hall–Kier alpha value is -1.02. The lowest BCUT2D eigenvalue weighted by atomic mass is 10.2. The molecule has 19 heavy (non-hydrogen) atoms. The number of alkyl halides is 3. The first-order valence-electron chi connectivity index (χ1n) is 5.83. The molecule has 0 radical (unpaired) electrons. The van der Waals surface area contributed by atoms with Crippen LogP contribution in [-0.2, 0) is 4.74 Å². The summed E-state index contributed by atoms with van der Waals surface area (Å²) in [5, 5.41) is 11.1. The number of amides is 1. The molecule has 0 aliphatic carbocycles. The molecule has 0 saturated heterocycles. The number of aliphatic hydroxyl groups excluding tert-OH is 1. The Kier molecular flexibility index (Phi) is 6.58. The predicted octanol–water partition coefficient (Wildman–Crippen LogP) is 1.37. The molecule has 1 atom stereocenters. The van der Waals surface area contributed by atoms with Crippen LogP contribution in [0.2, 0.25) is 0 Å². The number of likely N-dealkylation sites (N-methyl/N-ethyl adjacent to an activating group) is 1. The third-order valence-corrected chi connectivity index (χ3v) is 2.04. The van der Waals surface area contributed by atoms with Gasteiger partial charge in [0.25, 0.3) is 0 Å². The lowest BCUT2D eigenvalue weighted by Crippen LogP contribution is -2.42. The van der Waals surface area contributed by atoms with Gasteiger partial charge < -0.3 is 20.1 Å². The summed E-state index contributed by atoms with van der Waals surface area (Å²) < 4.78 is 41.0. The molecule has 8 heteroatoms. The second kappa shape index (κ2) is 6.95. The fourth-order valence-corrected chi connectivity index (χ4v) is 1.03. The standard InChI is InChI=1S/C11H21F3N2O3/c1-10(2,3)19-9(18)16(4)6-5-15-7-8(17)11(12,13)14/h8,15,17H,5-7H2,1-4H3/t8-/m1/s1. The number of carbonyl (C=O) groups is 1. The van der Waals surface area contributed by atoms with E-state index in [0.717, 1.165) is 0 Å². The number of nitrogens with one attached hydrogen (secondary N) is 1. The molecule has 0 spiro atoms. The average Bonchev–Trinajstić information content (AvgIpc) is 2.19. The fraction of sp³-hybridized carbons (Fsp3) is 0.909. The molecule has 0 rings (SSSR count). The van der Waals surface area contributed by atoms with Crippen LogP contribution in [0.15, 0.2) is 0 Å². The van der Waals surface area contributed by atoms with E-state index in [-0.39, 0.29) is 13.1 Å². The van der Waals surface area contributed by atoms with Crippen molar-refractivity contribution >= 4 is 6.09 Å². The third kappa shape index (κ3) is 8.66. The summed E-state index contributed by atoms with van der Waals surface area (Å²) in [7, 11) is 1.48. The Bertz CT molecular complexity index is 290. The summed E-state index contributed by atoms with van der Waals surface area (Å²) in [6.07, 6.45) is -7.59. The minimum absolute atomic E-state index is 0.128. The van der Waals surface area contributed by atoms with Crippen molar-refractivity contribution in [2.75, 3.05) is 26.7 Å². The zero-order valence-corrected chi connectivity index (χ0v) is 11.5. The maximum absolute atomic E-state index is 12.0. The van der Waals surface area contributed by atoms with Gasteiger partial charge in [0.1, 0.15) is 5.60 Å². The van der Waals surface area contributed by atoms with Crippen LogP contribution in [0, 0.1) is 0 Å². The number of aliphatic hydroxyl groups is 1. The number of rotatable bonds is 5. The van der Waals surface area contributed by atoms with Crippen molar-refractivity contribution < 1.29 is 27.8 Å². The summed E-state index contributed by atoms with van der Waals surface area (Å²) >= 11 is 0. The van der Waals surface area contributed by atoms with E-state index in [1.54, 1.807) is 20.8 Å². The van der Waals surface area contributed by atoms with Gasteiger partial charge in [-0.2, -0.15) is 13.2 Å². The smallest absolute Gasteiger partial charge is 0.415 e. The van der Waals surface area contributed by atoms with Gasteiger partial charge in [-0.1, -0.05) is 0 Å². The van der Waals surface area contributed by atoms with Gasteiger partial charge in [0, 0.05) is 26.7 Å². The maximum atomic E-state index is 12.0. The van der Waals surface area contributed by atoms with Gasteiger partial charge in [-0.15, -0.1) is 0 Å². The third-order valence-electron chi connectivity index (χ3n) is 2.04. The molecule has 0 unspecified atom stereocenters. The van der Waals surface area contributed by atoms with Crippen molar-refractivity contribution in [2.24, 2.45) is 0 Å². The molecule has 114 valence electrons. The lowest BCUT2D eigenvalue weighted by Gasteiger charge is -2.25. The van der Waals surface area contributed by atoms with Crippen LogP contribution in [0.3, 0.4) is 0 Å². The summed E-state index contributed by atoms with van der Waals surface area (Å²) in [5.74, 6) is 0. The van der Waals surface area contributed by atoms with E-state index in [9.17, 15) is 18.0 Å². The first kappa shape index (κ1) is 18.0. The maximum Gasteiger partial charge on any atom is 0.415 e. The number of hydrogen-bond acceptors (Lipinski definition) is 4. The zero-order valence-electron chi connectivity index (χ0n) is 11.5. The molecule has 0 aromatic rings. The van der Waals surface area contributed by atoms with Crippen LogP contribution in [0.1, 0.15) is 20.8 Å². The van der Waals surface area contributed by atoms with Gasteiger partial charge in [0.15, 0.2) is 6.10 Å². The molecule has 0 aromatic heterocycles. The van der Waals surface area contributed by atoms with Crippen molar-refractivity contribution in [1.29, 1.82) is 0 Å². The van der Waals surface area contributed by atoms with Crippen molar-refractivity contribution in [3.05, 3.63) is 0 Å². The molecular weight excluding hydrogens is 265 g/mol. The Labute approximate surface area is 110 Å². The van der Waals surface area contributed by atoms with E-state index in [4.69, 9.17) is 9.84 Å². The first-order chi connectivity index (χ1) is 8.43. The minimum Gasteiger partial charge on any atom is -0.444 e. The van der Waals surface area contributed by atoms with Crippen molar-refractivity contribution in [3.63, 3.8) is 0 Å². The van der Waals surface area contributed by atoms with Gasteiger partial charge in [-0.25, -0.2) is 4.79 Å². The number of hydrogen-bond donors (Lipinski definition) is 2. The largest absolute Gasteiger partial charge is 0.444 e. The first-order valence-corrected chi connectivity index (χ1v) is 5.83. The Morgan fingerprint density at radius 3 is 2.32 bits per heavy atom. The van der Waals surface area contributed by atoms with E-state index in [1.165, 1.54) is 11.9 Å². The van der Waals surface area contributed by atoms with Gasteiger partial charge in [-0.05, 0) is 20.8 Å². The quantitative estimate of drug-likeness (QED) is 0.749. The summed E-state index contributed by atoms with van der Waals surface area (Å²) in [6.45, 7) is 4.86. The molecule has 0 bridgehead atoms. The van der Waals surface area contributed by atoms with Gasteiger partial charge in [0.2, 0.25) is 0 Å². The van der Waals surface area contributed by atoms with E-state index in [2.05, 4.69) is 5.32 Å². The number of ether oxygens (including phenoxy) is 1. The van der Waals surface area contributed by atoms with Crippen LogP contribution in [-0.4, -0.2) is 60.7 Å². The Morgan fingerprint density at radius 2 is 1.89 bits per heavy atom. The highest BCUT2D eigenvalue weighted by Gasteiger charge is 2.37. The lowest BCUT2D eigenvalue weighted by molar-refractivity contribution is -0.201. The van der Waals surface area contributed by atoms with Gasteiger partial charge in [0.05, 0.1) is 0 Å². The molecule has 0 aliphatic heterocycles. The average molecular weight is 286 g/mol. The fourth-order valence-electron chi connectivity index (χ4n) is 1.03. The molecule has 2 N–H and O–H groups in total. The molecule has 1 amide bonds. The van der Waals surface area contributed by atoms with Crippen LogP contribution in [0.5, 0.6) is 0 Å². The topological polar surface area (TPSA) is 61.8 Å². The number of nitrogens with zero attached hydrogens (tertiary/aromatic N) is 1. The minimum atomic E-state index is -4.63. The van der Waals surface area contributed by atoms with Gasteiger partial charge >= 0.3 is 12.3 Å². The van der Waals surface area contributed by atoms with Crippen LogP contribution < -0.4 is 5.32 Å². The molecule has 5 nitrogen and oxygen atoms in total. The van der Waals surface area contributed by atoms with E-state index in [1.807, 2.05) is 0 Å². The molecule has 0 saturated carbocycles.